The van der Waals surface area contributed by atoms with Gasteiger partial charge in [0.2, 0.25) is 0 Å². The van der Waals surface area contributed by atoms with Crippen LogP contribution in [-0.4, -0.2) is 9.91 Å². The zero-order chi connectivity index (χ0) is 7.44. The Bertz CT molecular complexity index is 166. The lowest BCUT2D eigenvalue weighted by Gasteiger charge is -2.00. The fraction of sp³-hybridized carbons (Fsp3) is 0.400. The molecule has 4 heteroatoms. The highest BCUT2D eigenvalue weighted by Gasteiger charge is 2.11. The van der Waals surface area contributed by atoms with E-state index in [2.05, 4.69) is 24.8 Å². The molecule has 0 aromatic rings. The third-order valence-electron chi connectivity index (χ3n) is 0.809. The minimum atomic E-state index is -0.594. The number of rotatable bonds is 2. The summed E-state index contributed by atoms with van der Waals surface area (Å²) in [6.07, 6.45) is 0. The van der Waals surface area contributed by atoms with Gasteiger partial charge in [0.25, 0.3) is 0 Å². The van der Waals surface area contributed by atoms with E-state index in [0.29, 0.717) is 0 Å². The SMILES string of the molecule is CC(=N)[C@@H](C#N)C(=S)S. The van der Waals surface area contributed by atoms with Gasteiger partial charge in [0.1, 0.15) is 5.92 Å². The molecule has 48 valence electrons. The van der Waals surface area contributed by atoms with Gasteiger partial charge >= 0.3 is 0 Å². The highest BCUT2D eigenvalue weighted by atomic mass is 32.1. The molecule has 0 unspecified atom stereocenters. The van der Waals surface area contributed by atoms with Crippen molar-refractivity contribution in [3.63, 3.8) is 0 Å². The standard InChI is InChI=1S/C5H6N2S2/c1-3(7)4(2-6)5(8)9/h4,7H,1H3,(H,8,9)/t4-/m1/s1. The molecule has 2 nitrogen and oxygen atoms in total. The van der Waals surface area contributed by atoms with Crippen molar-refractivity contribution in [1.82, 2.24) is 0 Å². The Morgan fingerprint density at radius 2 is 2.33 bits per heavy atom. The van der Waals surface area contributed by atoms with Gasteiger partial charge in [-0.15, -0.1) is 12.6 Å². The third kappa shape index (κ3) is 2.59. The molecule has 1 atom stereocenters. The Hall–Kier alpha value is -0.400. The summed E-state index contributed by atoms with van der Waals surface area (Å²) in [5.74, 6) is -0.594. The van der Waals surface area contributed by atoms with Crippen LogP contribution in [0.2, 0.25) is 0 Å². The second-order valence-corrected chi connectivity index (χ2v) is 2.81. The summed E-state index contributed by atoms with van der Waals surface area (Å²) in [6.45, 7) is 1.54. The van der Waals surface area contributed by atoms with Crippen LogP contribution in [0.4, 0.5) is 0 Å². The van der Waals surface area contributed by atoms with Crippen molar-refractivity contribution in [2.24, 2.45) is 5.92 Å². The number of hydrogen-bond donors (Lipinski definition) is 2. The van der Waals surface area contributed by atoms with E-state index in [4.69, 9.17) is 10.7 Å². The maximum absolute atomic E-state index is 8.34. The predicted molar refractivity (Wildman–Crippen MR) is 44.1 cm³/mol. The Morgan fingerprint density at radius 1 is 1.89 bits per heavy atom. The number of nitrogens with zero attached hydrogens (tertiary/aromatic N) is 1. The van der Waals surface area contributed by atoms with E-state index in [0.717, 1.165) is 0 Å². The van der Waals surface area contributed by atoms with Gasteiger partial charge < -0.3 is 5.41 Å². The molecule has 9 heavy (non-hydrogen) atoms. The second kappa shape index (κ2) is 3.59. The fourth-order valence-electron chi connectivity index (χ4n) is 0.337. The van der Waals surface area contributed by atoms with E-state index in [9.17, 15) is 0 Å². The number of nitriles is 1. The van der Waals surface area contributed by atoms with E-state index in [1.54, 1.807) is 0 Å². The van der Waals surface area contributed by atoms with Crippen molar-refractivity contribution in [3.8, 4) is 6.07 Å². The van der Waals surface area contributed by atoms with Gasteiger partial charge in [-0.2, -0.15) is 5.26 Å². The highest BCUT2D eigenvalue weighted by Crippen LogP contribution is 2.03. The molecule has 0 aliphatic carbocycles. The Balaban J connectivity index is 4.22. The summed E-state index contributed by atoms with van der Waals surface area (Å²) in [5, 5.41) is 15.4. The zero-order valence-corrected chi connectivity index (χ0v) is 6.59. The van der Waals surface area contributed by atoms with Gasteiger partial charge in [-0.1, -0.05) is 12.2 Å². The molecule has 0 aromatic carbocycles. The molecule has 0 radical (unpaired) electrons. The first kappa shape index (κ1) is 8.60. The summed E-state index contributed by atoms with van der Waals surface area (Å²) in [5.41, 5.74) is 0.248. The average molecular weight is 158 g/mol. The summed E-state index contributed by atoms with van der Waals surface area (Å²) >= 11 is 8.37. The smallest absolute Gasteiger partial charge is 0.124 e. The first-order chi connectivity index (χ1) is 4.09. The van der Waals surface area contributed by atoms with Crippen molar-refractivity contribution in [2.45, 2.75) is 6.92 Å². The van der Waals surface area contributed by atoms with Crippen LogP contribution >= 0.6 is 24.8 Å². The summed E-state index contributed by atoms with van der Waals surface area (Å²) in [4.78, 5) is 0. The predicted octanol–water partition coefficient (Wildman–Crippen LogP) is 1.42. The second-order valence-electron chi connectivity index (χ2n) is 1.58. The van der Waals surface area contributed by atoms with Crippen LogP contribution in [0.15, 0.2) is 0 Å². The van der Waals surface area contributed by atoms with Gasteiger partial charge in [0, 0.05) is 5.71 Å². The number of thiocarbonyl (C=S) groups is 1. The molecule has 0 aliphatic rings. The van der Waals surface area contributed by atoms with Gasteiger partial charge in [-0.3, -0.25) is 0 Å². The largest absolute Gasteiger partial charge is 0.308 e. The van der Waals surface area contributed by atoms with E-state index in [1.807, 2.05) is 6.07 Å². The third-order valence-corrected chi connectivity index (χ3v) is 1.30. The van der Waals surface area contributed by atoms with Crippen LogP contribution in [0.5, 0.6) is 0 Å². The summed E-state index contributed by atoms with van der Waals surface area (Å²) < 4.78 is 0.269. The van der Waals surface area contributed by atoms with E-state index < -0.39 is 5.92 Å². The molecule has 0 amide bonds. The van der Waals surface area contributed by atoms with Crippen molar-refractivity contribution >= 4 is 34.8 Å². The first-order valence-electron chi connectivity index (χ1n) is 2.27. The summed E-state index contributed by atoms with van der Waals surface area (Å²) in [6, 6.07) is 1.86. The number of nitrogens with one attached hydrogen (secondary N) is 1. The first-order valence-corrected chi connectivity index (χ1v) is 3.12. The number of hydrogen-bond acceptors (Lipinski definition) is 3. The molecule has 0 rings (SSSR count). The lowest BCUT2D eigenvalue weighted by Crippen LogP contribution is -2.12. The van der Waals surface area contributed by atoms with Crippen molar-refractivity contribution in [3.05, 3.63) is 0 Å². The monoisotopic (exact) mass is 158 g/mol. The minimum Gasteiger partial charge on any atom is -0.308 e. The fourth-order valence-corrected chi connectivity index (χ4v) is 0.818. The van der Waals surface area contributed by atoms with Crippen LogP contribution < -0.4 is 0 Å². The van der Waals surface area contributed by atoms with Crippen LogP contribution in [0.25, 0.3) is 0 Å². The van der Waals surface area contributed by atoms with Crippen molar-refractivity contribution in [1.29, 1.82) is 10.7 Å². The normalized spacial score (nSPS) is 11.7. The quantitative estimate of drug-likeness (QED) is 0.363. The molecule has 0 aromatic heterocycles. The Labute approximate surface area is 64.8 Å². The van der Waals surface area contributed by atoms with Crippen LogP contribution in [0, 0.1) is 22.7 Å². The molecule has 0 saturated carbocycles. The van der Waals surface area contributed by atoms with Gasteiger partial charge in [0.05, 0.1) is 10.3 Å². The maximum Gasteiger partial charge on any atom is 0.124 e. The molecule has 0 heterocycles. The van der Waals surface area contributed by atoms with Crippen molar-refractivity contribution < 1.29 is 0 Å². The lowest BCUT2D eigenvalue weighted by molar-refractivity contribution is 1.20. The van der Waals surface area contributed by atoms with E-state index in [1.165, 1.54) is 6.92 Å². The van der Waals surface area contributed by atoms with Gasteiger partial charge in [-0.25, -0.2) is 0 Å². The average Bonchev–Trinajstić information content (AvgIpc) is 1.64. The van der Waals surface area contributed by atoms with Crippen LogP contribution in [0.3, 0.4) is 0 Å². The van der Waals surface area contributed by atoms with Crippen LogP contribution in [-0.2, 0) is 0 Å². The summed E-state index contributed by atoms with van der Waals surface area (Å²) in [7, 11) is 0. The Morgan fingerprint density at radius 3 is 2.33 bits per heavy atom. The lowest BCUT2D eigenvalue weighted by atomic mass is 10.1. The topological polar surface area (TPSA) is 47.6 Å². The molecule has 0 spiro atoms. The van der Waals surface area contributed by atoms with E-state index >= 15 is 0 Å². The molecule has 0 bridgehead atoms. The highest BCUT2D eigenvalue weighted by molar-refractivity contribution is 8.11. The zero-order valence-electron chi connectivity index (χ0n) is 4.88. The molecule has 0 aliphatic heterocycles. The Kier molecular flexibility index (Phi) is 3.43. The van der Waals surface area contributed by atoms with Crippen LogP contribution in [0.1, 0.15) is 6.92 Å². The minimum absolute atomic E-state index is 0.248. The number of thiol groups is 1. The van der Waals surface area contributed by atoms with E-state index in [-0.39, 0.29) is 9.91 Å². The molecular formula is C5H6N2S2. The maximum atomic E-state index is 8.34. The molecule has 1 N–H and O–H groups in total. The van der Waals surface area contributed by atoms with Crippen molar-refractivity contribution in [2.75, 3.05) is 0 Å². The molecular weight excluding hydrogens is 152 g/mol. The molecule has 0 fully saturated rings. The molecule has 0 saturated heterocycles. The van der Waals surface area contributed by atoms with Gasteiger partial charge in [-0.05, 0) is 6.92 Å². The van der Waals surface area contributed by atoms with Gasteiger partial charge in [0.15, 0.2) is 0 Å².